The molecule has 17 heavy (non-hydrogen) atoms. The number of carbonyl (C=O) groups is 1. The molecule has 0 amide bonds. The largest absolute Gasteiger partial charge is 0.463 e. The van der Waals surface area contributed by atoms with Gasteiger partial charge in [0.15, 0.2) is 0 Å². The van der Waals surface area contributed by atoms with Crippen molar-refractivity contribution in [2.75, 3.05) is 13.7 Å². The van der Waals surface area contributed by atoms with Gasteiger partial charge in [0, 0.05) is 12.5 Å². The maximum Gasteiger partial charge on any atom is 0.373 e. The molecule has 0 aromatic carbocycles. The summed E-state index contributed by atoms with van der Waals surface area (Å²) in [5, 5.41) is 0. The predicted molar refractivity (Wildman–Crippen MR) is 60.5 cm³/mol. The minimum absolute atomic E-state index is 0.122. The van der Waals surface area contributed by atoms with E-state index in [4.69, 9.17) is 14.9 Å². The Kier molecular flexibility index (Phi) is 3.49. The summed E-state index contributed by atoms with van der Waals surface area (Å²) in [6.45, 7) is 2.73. The SMILES string of the molecule is COC(=O)c1ccc(C(N)C2CCOC2C)o1. The van der Waals surface area contributed by atoms with Gasteiger partial charge in [-0.1, -0.05) is 0 Å². The highest BCUT2D eigenvalue weighted by molar-refractivity contribution is 5.86. The minimum atomic E-state index is -0.487. The number of esters is 1. The van der Waals surface area contributed by atoms with E-state index in [1.165, 1.54) is 7.11 Å². The first kappa shape index (κ1) is 12.1. The molecule has 1 aliphatic heterocycles. The van der Waals surface area contributed by atoms with Gasteiger partial charge in [-0.05, 0) is 25.5 Å². The van der Waals surface area contributed by atoms with Gasteiger partial charge in [0.2, 0.25) is 5.76 Å². The van der Waals surface area contributed by atoms with Crippen LogP contribution in [0.1, 0.15) is 35.7 Å². The molecule has 0 spiro atoms. The van der Waals surface area contributed by atoms with Crippen LogP contribution in [0, 0.1) is 5.92 Å². The molecule has 1 aliphatic rings. The second kappa shape index (κ2) is 4.89. The Morgan fingerprint density at radius 3 is 2.94 bits per heavy atom. The summed E-state index contributed by atoms with van der Waals surface area (Å²) in [6.07, 6.45) is 1.04. The van der Waals surface area contributed by atoms with Gasteiger partial charge in [-0.25, -0.2) is 4.79 Å². The van der Waals surface area contributed by atoms with Gasteiger partial charge < -0.3 is 19.6 Å². The Morgan fingerprint density at radius 1 is 1.59 bits per heavy atom. The van der Waals surface area contributed by atoms with Crippen molar-refractivity contribution in [1.29, 1.82) is 0 Å². The van der Waals surface area contributed by atoms with Gasteiger partial charge in [0.25, 0.3) is 0 Å². The van der Waals surface area contributed by atoms with Gasteiger partial charge in [0.05, 0.1) is 19.3 Å². The van der Waals surface area contributed by atoms with Gasteiger partial charge in [-0.2, -0.15) is 0 Å². The van der Waals surface area contributed by atoms with E-state index < -0.39 is 5.97 Å². The normalized spacial score (nSPS) is 25.8. The first-order valence-corrected chi connectivity index (χ1v) is 5.68. The molecule has 2 N–H and O–H groups in total. The molecule has 1 aromatic heterocycles. The molecular formula is C12H17NO4. The topological polar surface area (TPSA) is 74.7 Å². The van der Waals surface area contributed by atoms with Crippen LogP contribution in [0.2, 0.25) is 0 Å². The summed E-state index contributed by atoms with van der Waals surface area (Å²) >= 11 is 0. The zero-order chi connectivity index (χ0) is 12.4. The Labute approximate surface area is 99.9 Å². The fourth-order valence-corrected chi connectivity index (χ4v) is 2.17. The average Bonchev–Trinajstić information content (AvgIpc) is 2.95. The van der Waals surface area contributed by atoms with Crippen molar-refractivity contribution in [1.82, 2.24) is 0 Å². The third-order valence-electron chi connectivity index (χ3n) is 3.24. The third kappa shape index (κ3) is 2.35. The highest BCUT2D eigenvalue weighted by atomic mass is 16.5. The van der Waals surface area contributed by atoms with Crippen molar-refractivity contribution in [2.45, 2.75) is 25.5 Å². The van der Waals surface area contributed by atoms with Crippen molar-refractivity contribution in [3.63, 3.8) is 0 Å². The lowest BCUT2D eigenvalue weighted by atomic mass is 9.92. The van der Waals surface area contributed by atoms with E-state index in [1.54, 1.807) is 12.1 Å². The lowest BCUT2D eigenvalue weighted by Gasteiger charge is -2.19. The molecule has 94 valence electrons. The van der Waals surface area contributed by atoms with Crippen molar-refractivity contribution >= 4 is 5.97 Å². The first-order valence-electron chi connectivity index (χ1n) is 5.68. The van der Waals surface area contributed by atoms with E-state index in [-0.39, 0.29) is 23.8 Å². The molecule has 3 atom stereocenters. The Bertz CT molecular complexity index is 401. The van der Waals surface area contributed by atoms with Gasteiger partial charge in [-0.15, -0.1) is 0 Å². The fraction of sp³-hybridized carbons (Fsp3) is 0.583. The molecule has 0 radical (unpaired) electrons. The van der Waals surface area contributed by atoms with Crippen LogP contribution in [0.3, 0.4) is 0 Å². The van der Waals surface area contributed by atoms with Crippen LogP contribution in [0.25, 0.3) is 0 Å². The number of hydrogen-bond donors (Lipinski definition) is 1. The average molecular weight is 239 g/mol. The Balaban J connectivity index is 2.11. The molecule has 1 saturated heterocycles. The summed E-state index contributed by atoms with van der Waals surface area (Å²) < 4.78 is 15.5. The summed E-state index contributed by atoms with van der Waals surface area (Å²) in [7, 11) is 1.32. The number of nitrogens with two attached hydrogens (primary N) is 1. The number of ether oxygens (including phenoxy) is 2. The summed E-state index contributed by atoms with van der Waals surface area (Å²) in [4.78, 5) is 11.3. The standard InChI is InChI=1S/C12H17NO4/c1-7-8(5-6-16-7)11(13)9-3-4-10(17-9)12(14)15-2/h3-4,7-8,11H,5-6,13H2,1-2H3. The zero-order valence-electron chi connectivity index (χ0n) is 10.0. The zero-order valence-corrected chi connectivity index (χ0v) is 10.0. The van der Waals surface area contributed by atoms with Crippen LogP contribution >= 0.6 is 0 Å². The maximum absolute atomic E-state index is 11.3. The van der Waals surface area contributed by atoms with Crippen molar-refractivity contribution in [2.24, 2.45) is 11.7 Å². The van der Waals surface area contributed by atoms with Gasteiger partial charge >= 0.3 is 5.97 Å². The van der Waals surface area contributed by atoms with E-state index in [1.807, 2.05) is 6.92 Å². The minimum Gasteiger partial charge on any atom is -0.463 e. The quantitative estimate of drug-likeness (QED) is 0.809. The lowest BCUT2D eigenvalue weighted by Crippen LogP contribution is -2.26. The fourth-order valence-electron chi connectivity index (χ4n) is 2.17. The van der Waals surface area contributed by atoms with Crippen LogP contribution in [0.5, 0.6) is 0 Å². The van der Waals surface area contributed by atoms with Gasteiger partial charge in [0.1, 0.15) is 5.76 Å². The predicted octanol–water partition coefficient (Wildman–Crippen LogP) is 1.49. The molecule has 0 bridgehead atoms. The Hall–Kier alpha value is -1.33. The number of methoxy groups -OCH3 is 1. The molecule has 0 aliphatic carbocycles. The molecule has 0 saturated carbocycles. The van der Waals surface area contributed by atoms with Crippen molar-refractivity contribution in [3.8, 4) is 0 Å². The van der Waals surface area contributed by atoms with Gasteiger partial charge in [-0.3, -0.25) is 0 Å². The first-order chi connectivity index (χ1) is 8.13. The second-order valence-electron chi connectivity index (χ2n) is 4.25. The lowest BCUT2D eigenvalue weighted by molar-refractivity contribution is 0.0560. The van der Waals surface area contributed by atoms with Crippen LogP contribution in [0.15, 0.2) is 16.5 Å². The second-order valence-corrected chi connectivity index (χ2v) is 4.25. The van der Waals surface area contributed by atoms with Crippen LogP contribution in [-0.2, 0) is 9.47 Å². The number of hydrogen-bond acceptors (Lipinski definition) is 5. The molecule has 5 heteroatoms. The summed E-state index contributed by atoms with van der Waals surface area (Å²) in [5.41, 5.74) is 6.12. The monoisotopic (exact) mass is 239 g/mol. The molecule has 5 nitrogen and oxygen atoms in total. The smallest absolute Gasteiger partial charge is 0.373 e. The molecular weight excluding hydrogens is 222 g/mol. The summed E-state index contributed by atoms with van der Waals surface area (Å²) in [6, 6.07) is 3.06. The van der Waals surface area contributed by atoms with Crippen LogP contribution < -0.4 is 5.73 Å². The maximum atomic E-state index is 11.3. The van der Waals surface area contributed by atoms with Crippen molar-refractivity contribution < 1.29 is 18.7 Å². The highest BCUT2D eigenvalue weighted by Gasteiger charge is 2.32. The number of furan rings is 1. The van der Waals surface area contributed by atoms with E-state index in [9.17, 15) is 4.79 Å². The number of rotatable bonds is 3. The van der Waals surface area contributed by atoms with E-state index in [0.29, 0.717) is 5.76 Å². The summed E-state index contributed by atoms with van der Waals surface area (Å²) in [5.74, 6) is 0.531. The molecule has 3 unspecified atom stereocenters. The highest BCUT2D eigenvalue weighted by Crippen LogP contribution is 2.32. The molecule has 2 rings (SSSR count). The van der Waals surface area contributed by atoms with Crippen molar-refractivity contribution in [3.05, 3.63) is 23.7 Å². The van der Waals surface area contributed by atoms with Crippen LogP contribution in [-0.4, -0.2) is 25.8 Å². The molecule has 1 aromatic rings. The van der Waals surface area contributed by atoms with E-state index >= 15 is 0 Å². The molecule has 1 fully saturated rings. The number of carbonyl (C=O) groups excluding carboxylic acids is 1. The Morgan fingerprint density at radius 2 is 2.35 bits per heavy atom. The molecule has 2 heterocycles. The van der Waals surface area contributed by atoms with Crippen LogP contribution in [0.4, 0.5) is 0 Å². The van der Waals surface area contributed by atoms with E-state index in [2.05, 4.69) is 4.74 Å². The van der Waals surface area contributed by atoms with E-state index in [0.717, 1.165) is 13.0 Å². The third-order valence-corrected chi connectivity index (χ3v) is 3.24.